The third kappa shape index (κ3) is 3.49. The lowest BCUT2D eigenvalue weighted by atomic mass is 10.1. The van der Waals surface area contributed by atoms with Gasteiger partial charge in [-0.3, -0.25) is 14.0 Å². The zero-order valence-corrected chi connectivity index (χ0v) is 15.2. The molecule has 0 saturated heterocycles. The first-order valence-electron chi connectivity index (χ1n) is 8.12. The van der Waals surface area contributed by atoms with Crippen LogP contribution in [0.5, 0.6) is 0 Å². The summed E-state index contributed by atoms with van der Waals surface area (Å²) in [5, 5.41) is 7.91. The minimum Gasteiger partial charge on any atom is -0.349 e. The van der Waals surface area contributed by atoms with Crippen molar-refractivity contribution in [3.05, 3.63) is 58.3 Å². The number of carbonyl (C=O) groups is 2. The van der Waals surface area contributed by atoms with Crippen LogP contribution in [0.15, 0.2) is 41.9 Å². The fourth-order valence-electron chi connectivity index (χ4n) is 2.54. The van der Waals surface area contributed by atoms with Crippen LogP contribution in [-0.2, 0) is 4.79 Å². The van der Waals surface area contributed by atoms with Crippen molar-refractivity contribution in [3.8, 4) is 0 Å². The zero-order valence-electron chi connectivity index (χ0n) is 13.6. The maximum Gasteiger partial charge on any atom is 0.253 e. The van der Waals surface area contributed by atoms with E-state index >= 15 is 0 Å². The number of amides is 2. The number of rotatable bonds is 5. The Kier molecular flexibility index (Phi) is 4.48. The molecule has 1 fully saturated rings. The third-order valence-electron chi connectivity index (χ3n) is 3.99. The summed E-state index contributed by atoms with van der Waals surface area (Å²) >= 11 is 7.58. The zero-order chi connectivity index (χ0) is 18.1. The lowest BCUT2D eigenvalue weighted by molar-refractivity contribution is -0.111. The second kappa shape index (κ2) is 6.93. The summed E-state index contributed by atoms with van der Waals surface area (Å²) in [5.41, 5.74) is 1.56. The molecule has 4 rings (SSSR count). The quantitative estimate of drug-likeness (QED) is 0.658. The number of aromatic nitrogens is 2. The van der Waals surface area contributed by atoms with E-state index in [1.165, 1.54) is 17.4 Å². The van der Waals surface area contributed by atoms with Crippen LogP contribution in [0.25, 0.3) is 11.0 Å². The molecule has 3 aromatic rings. The summed E-state index contributed by atoms with van der Waals surface area (Å²) in [6, 6.07) is 7.20. The van der Waals surface area contributed by atoms with E-state index < -0.39 is 0 Å². The summed E-state index contributed by atoms with van der Waals surface area (Å²) in [6.45, 7) is 0. The van der Waals surface area contributed by atoms with Crippen molar-refractivity contribution >= 4 is 51.5 Å². The SMILES string of the molecule is O=C(/C=C/c1c(Cl)nc2sccn12)Nc1ccccc1C(=O)NC1CC1. The largest absolute Gasteiger partial charge is 0.349 e. The molecule has 0 spiro atoms. The summed E-state index contributed by atoms with van der Waals surface area (Å²) in [4.78, 5) is 29.6. The first-order chi connectivity index (χ1) is 12.6. The lowest BCUT2D eigenvalue weighted by Gasteiger charge is -2.09. The summed E-state index contributed by atoms with van der Waals surface area (Å²) < 4.78 is 1.81. The lowest BCUT2D eigenvalue weighted by Crippen LogP contribution is -2.26. The normalized spacial score (nSPS) is 14.0. The van der Waals surface area contributed by atoms with Gasteiger partial charge in [0.1, 0.15) is 0 Å². The number of halogens is 1. The van der Waals surface area contributed by atoms with Crippen molar-refractivity contribution in [2.75, 3.05) is 5.32 Å². The topological polar surface area (TPSA) is 75.5 Å². The molecule has 1 aliphatic rings. The molecule has 0 radical (unpaired) electrons. The van der Waals surface area contributed by atoms with Crippen molar-refractivity contribution in [3.63, 3.8) is 0 Å². The molecule has 1 saturated carbocycles. The van der Waals surface area contributed by atoms with Crippen LogP contribution in [0.1, 0.15) is 28.9 Å². The Hall–Kier alpha value is -2.64. The monoisotopic (exact) mass is 386 g/mol. The Morgan fingerprint density at radius 3 is 2.92 bits per heavy atom. The number of thiazole rings is 1. The van der Waals surface area contributed by atoms with Gasteiger partial charge in [-0.15, -0.1) is 11.3 Å². The molecule has 0 aliphatic heterocycles. The van der Waals surface area contributed by atoms with Gasteiger partial charge in [-0.05, 0) is 31.1 Å². The van der Waals surface area contributed by atoms with Gasteiger partial charge < -0.3 is 10.6 Å². The maximum absolute atomic E-state index is 12.3. The van der Waals surface area contributed by atoms with Crippen LogP contribution >= 0.6 is 22.9 Å². The van der Waals surface area contributed by atoms with Gasteiger partial charge in [0.25, 0.3) is 5.91 Å². The number of hydrogen-bond donors (Lipinski definition) is 2. The van der Waals surface area contributed by atoms with Crippen LogP contribution in [-0.4, -0.2) is 27.2 Å². The average molecular weight is 387 g/mol. The molecule has 1 aliphatic carbocycles. The number of nitrogens with zero attached hydrogens (tertiary/aromatic N) is 2. The number of anilines is 1. The van der Waals surface area contributed by atoms with Gasteiger partial charge >= 0.3 is 0 Å². The Balaban J connectivity index is 1.50. The van der Waals surface area contributed by atoms with E-state index in [1.807, 2.05) is 16.0 Å². The van der Waals surface area contributed by atoms with Crippen LogP contribution in [0.2, 0.25) is 5.15 Å². The predicted octanol–water partition coefficient (Wildman–Crippen LogP) is 3.59. The Labute approximate surface area is 158 Å². The second-order valence-corrected chi connectivity index (χ2v) is 7.19. The fourth-order valence-corrected chi connectivity index (χ4v) is 3.54. The first-order valence-corrected chi connectivity index (χ1v) is 9.37. The van der Waals surface area contributed by atoms with Crippen LogP contribution in [0, 0.1) is 0 Å². The third-order valence-corrected chi connectivity index (χ3v) is 5.02. The van der Waals surface area contributed by atoms with E-state index in [0.717, 1.165) is 17.8 Å². The molecule has 2 aromatic heterocycles. The number of fused-ring (bicyclic) bond motifs is 1. The van der Waals surface area contributed by atoms with Gasteiger partial charge in [-0.2, -0.15) is 0 Å². The van der Waals surface area contributed by atoms with Gasteiger partial charge in [0, 0.05) is 23.7 Å². The molecule has 132 valence electrons. The van der Waals surface area contributed by atoms with Crippen LogP contribution in [0.4, 0.5) is 5.69 Å². The van der Waals surface area contributed by atoms with E-state index in [0.29, 0.717) is 22.1 Å². The van der Waals surface area contributed by atoms with E-state index in [-0.39, 0.29) is 17.9 Å². The highest BCUT2D eigenvalue weighted by Gasteiger charge is 2.24. The van der Waals surface area contributed by atoms with E-state index in [1.54, 1.807) is 30.3 Å². The van der Waals surface area contributed by atoms with Crippen molar-refractivity contribution in [2.24, 2.45) is 0 Å². The first kappa shape index (κ1) is 16.8. The predicted molar refractivity (Wildman–Crippen MR) is 103 cm³/mol. The number of hydrogen-bond acceptors (Lipinski definition) is 4. The number of imidazole rings is 1. The maximum atomic E-state index is 12.3. The molecule has 2 heterocycles. The second-order valence-electron chi connectivity index (χ2n) is 5.96. The Bertz CT molecular complexity index is 1020. The Morgan fingerprint density at radius 1 is 1.31 bits per heavy atom. The number of para-hydroxylation sites is 1. The number of benzene rings is 1. The van der Waals surface area contributed by atoms with Crippen LogP contribution in [0.3, 0.4) is 0 Å². The minimum atomic E-state index is -0.349. The van der Waals surface area contributed by atoms with Crippen molar-refractivity contribution in [1.29, 1.82) is 0 Å². The van der Waals surface area contributed by atoms with Crippen LogP contribution < -0.4 is 10.6 Å². The molecular weight excluding hydrogens is 372 g/mol. The molecule has 26 heavy (non-hydrogen) atoms. The highest BCUT2D eigenvalue weighted by atomic mass is 35.5. The summed E-state index contributed by atoms with van der Waals surface area (Å²) in [6.07, 6.45) is 6.84. The Morgan fingerprint density at radius 2 is 2.12 bits per heavy atom. The summed E-state index contributed by atoms with van der Waals surface area (Å²) in [5.74, 6) is -0.524. The molecule has 0 bridgehead atoms. The van der Waals surface area contributed by atoms with Crippen molar-refractivity contribution in [2.45, 2.75) is 18.9 Å². The van der Waals surface area contributed by atoms with Crippen molar-refractivity contribution in [1.82, 2.24) is 14.7 Å². The van der Waals surface area contributed by atoms with Crippen molar-refractivity contribution < 1.29 is 9.59 Å². The highest BCUT2D eigenvalue weighted by Crippen LogP contribution is 2.23. The average Bonchev–Trinajstić information content (AvgIpc) is 3.23. The smallest absolute Gasteiger partial charge is 0.253 e. The van der Waals surface area contributed by atoms with E-state index in [4.69, 9.17) is 11.6 Å². The fraction of sp³-hybridized carbons (Fsp3) is 0.167. The molecule has 0 unspecified atom stereocenters. The molecule has 2 N–H and O–H groups in total. The van der Waals surface area contributed by atoms with Gasteiger partial charge in [0.05, 0.1) is 16.9 Å². The molecule has 6 nitrogen and oxygen atoms in total. The standard InChI is InChI=1S/C18H15ClN4O2S/c19-16-14(23-9-10-26-18(23)22-16)7-8-15(24)21-13-4-2-1-3-12(13)17(25)20-11-5-6-11/h1-4,7-11H,5-6H2,(H,20,25)(H,21,24)/b8-7+. The molecular formula is C18H15ClN4O2S. The van der Waals surface area contributed by atoms with Gasteiger partial charge in [0.2, 0.25) is 5.91 Å². The van der Waals surface area contributed by atoms with Gasteiger partial charge in [0.15, 0.2) is 10.1 Å². The number of nitrogens with one attached hydrogen (secondary N) is 2. The molecule has 2 amide bonds. The van der Waals surface area contributed by atoms with E-state index in [2.05, 4.69) is 15.6 Å². The van der Waals surface area contributed by atoms with E-state index in [9.17, 15) is 9.59 Å². The number of carbonyl (C=O) groups excluding carboxylic acids is 2. The molecule has 1 aromatic carbocycles. The minimum absolute atomic E-state index is 0.175. The van der Waals surface area contributed by atoms with Gasteiger partial charge in [-0.1, -0.05) is 23.7 Å². The summed E-state index contributed by atoms with van der Waals surface area (Å²) in [7, 11) is 0. The van der Waals surface area contributed by atoms with Gasteiger partial charge in [-0.25, -0.2) is 4.98 Å². The molecule has 8 heteroatoms. The molecule has 0 atom stereocenters. The highest BCUT2D eigenvalue weighted by molar-refractivity contribution is 7.15.